The third-order valence-electron chi connectivity index (χ3n) is 2.88. The van der Waals surface area contributed by atoms with Crippen LogP contribution in [0.15, 0.2) is 42.7 Å². The van der Waals surface area contributed by atoms with Crippen LogP contribution >= 0.6 is 11.6 Å². The van der Waals surface area contributed by atoms with E-state index in [1.54, 1.807) is 24.5 Å². The highest BCUT2D eigenvalue weighted by Crippen LogP contribution is 2.36. The summed E-state index contributed by atoms with van der Waals surface area (Å²) in [5, 5.41) is -0.102. The first-order valence-electron chi connectivity index (χ1n) is 5.91. The van der Waals surface area contributed by atoms with E-state index in [2.05, 4.69) is 9.97 Å². The van der Waals surface area contributed by atoms with Crippen molar-refractivity contribution in [3.8, 4) is 11.5 Å². The van der Waals surface area contributed by atoms with Crippen LogP contribution in [0.4, 0.5) is 13.2 Å². The minimum absolute atomic E-state index is 0.102. The van der Waals surface area contributed by atoms with Gasteiger partial charge in [-0.05, 0) is 30.3 Å². The van der Waals surface area contributed by atoms with Gasteiger partial charge in [0.1, 0.15) is 11.5 Å². The molecule has 0 aliphatic heterocycles. The van der Waals surface area contributed by atoms with Gasteiger partial charge < -0.3 is 9.72 Å². The number of ether oxygens (including phenoxy) is 1. The van der Waals surface area contributed by atoms with Gasteiger partial charge in [-0.3, -0.25) is 0 Å². The molecule has 1 aromatic heterocycles. The molecule has 0 aliphatic carbocycles. The second kappa shape index (κ2) is 4.96. The Hall–Kier alpha value is -2.21. The van der Waals surface area contributed by atoms with Crippen molar-refractivity contribution in [2.24, 2.45) is 0 Å². The standard InChI is InChI=1S/C14H8ClF3N2O/c15-10-5-8(14(16,17)18)1-4-13(10)21-9-2-3-11-12(6-9)20-7-19-11/h1-7H,(H,19,20). The molecule has 2 aromatic carbocycles. The number of hydrogen-bond donors (Lipinski definition) is 1. The Morgan fingerprint density at radius 1 is 1.10 bits per heavy atom. The molecule has 3 nitrogen and oxygen atoms in total. The van der Waals surface area contributed by atoms with Crippen molar-refractivity contribution in [3.05, 3.63) is 53.3 Å². The summed E-state index contributed by atoms with van der Waals surface area (Å²) in [4.78, 5) is 6.98. The average Bonchev–Trinajstić information content (AvgIpc) is 2.87. The van der Waals surface area contributed by atoms with Gasteiger partial charge in [0.2, 0.25) is 0 Å². The highest BCUT2D eigenvalue weighted by Gasteiger charge is 2.31. The van der Waals surface area contributed by atoms with E-state index >= 15 is 0 Å². The number of nitrogens with zero attached hydrogens (tertiary/aromatic N) is 1. The third-order valence-corrected chi connectivity index (χ3v) is 3.17. The normalized spacial score (nSPS) is 11.8. The number of nitrogens with one attached hydrogen (secondary N) is 1. The van der Waals surface area contributed by atoms with Crippen LogP contribution in [-0.2, 0) is 6.18 Å². The number of aromatic nitrogens is 2. The summed E-state index contributed by atoms with van der Waals surface area (Å²) < 4.78 is 43.2. The van der Waals surface area contributed by atoms with E-state index in [-0.39, 0.29) is 10.8 Å². The first-order chi connectivity index (χ1) is 9.93. The lowest BCUT2D eigenvalue weighted by atomic mass is 10.2. The Kier molecular flexibility index (Phi) is 3.25. The van der Waals surface area contributed by atoms with Crippen LogP contribution in [0.25, 0.3) is 11.0 Å². The van der Waals surface area contributed by atoms with E-state index < -0.39 is 11.7 Å². The number of halogens is 4. The molecule has 0 aliphatic rings. The highest BCUT2D eigenvalue weighted by atomic mass is 35.5. The zero-order valence-electron chi connectivity index (χ0n) is 10.4. The van der Waals surface area contributed by atoms with Crippen LogP contribution < -0.4 is 4.74 Å². The van der Waals surface area contributed by atoms with Crippen molar-refractivity contribution < 1.29 is 17.9 Å². The molecule has 0 spiro atoms. The van der Waals surface area contributed by atoms with Crippen LogP contribution in [0.2, 0.25) is 5.02 Å². The molecule has 0 saturated heterocycles. The zero-order chi connectivity index (χ0) is 15.0. The molecule has 1 heterocycles. The number of rotatable bonds is 2. The summed E-state index contributed by atoms with van der Waals surface area (Å²) in [6.45, 7) is 0. The fourth-order valence-corrected chi connectivity index (χ4v) is 2.08. The lowest BCUT2D eigenvalue weighted by Crippen LogP contribution is -2.04. The van der Waals surface area contributed by atoms with Crippen molar-refractivity contribution in [3.63, 3.8) is 0 Å². The topological polar surface area (TPSA) is 37.9 Å². The van der Waals surface area contributed by atoms with E-state index in [4.69, 9.17) is 16.3 Å². The fourth-order valence-electron chi connectivity index (χ4n) is 1.87. The van der Waals surface area contributed by atoms with E-state index in [0.717, 1.165) is 23.2 Å². The molecule has 0 atom stereocenters. The van der Waals surface area contributed by atoms with Crippen LogP contribution in [0.1, 0.15) is 5.56 Å². The summed E-state index contributed by atoms with van der Waals surface area (Å²) in [7, 11) is 0. The maximum atomic E-state index is 12.6. The number of imidazole rings is 1. The lowest BCUT2D eigenvalue weighted by molar-refractivity contribution is -0.137. The first-order valence-corrected chi connectivity index (χ1v) is 6.29. The molecule has 0 saturated carbocycles. The largest absolute Gasteiger partial charge is 0.456 e. The third kappa shape index (κ3) is 2.80. The van der Waals surface area contributed by atoms with Gasteiger partial charge in [0.25, 0.3) is 0 Å². The molecule has 0 radical (unpaired) electrons. The van der Waals surface area contributed by atoms with Crippen LogP contribution in [-0.4, -0.2) is 9.97 Å². The lowest BCUT2D eigenvalue weighted by Gasteiger charge is -2.11. The molecule has 0 bridgehead atoms. The van der Waals surface area contributed by atoms with Crippen molar-refractivity contribution >= 4 is 22.6 Å². The molecular formula is C14H8ClF3N2O. The number of alkyl halides is 3. The van der Waals surface area contributed by atoms with Gasteiger partial charge in [0, 0.05) is 6.07 Å². The molecule has 0 fully saturated rings. The minimum Gasteiger partial charge on any atom is -0.456 e. The summed E-state index contributed by atoms with van der Waals surface area (Å²) in [5.74, 6) is 0.608. The summed E-state index contributed by atoms with van der Waals surface area (Å²) in [5.41, 5.74) is 0.709. The Bertz CT molecular complexity index is 798. The maximum Gasteiger partial charge on any atom is 0.416 e. The van der Waals surface area contributed by atoms with Crippen molar-refractivity contribution in [2.45, 2.75) is 6.18 Å². The SMILES string of the molecule is FC(F)(F)c1ccc(Oc2ccc3nc[nH]c3c2)c(Cl)c1. The number of benzene rings is 2. The molecule has 0 amide bonds. The molecule has 7 heteroatoms. The molecule has 108 valence electrons. The van der Waals surface area contributed by atoms with E-state index in [0.29, 0.717) is 5.75 Å². The second-order valence-electron chi connectivity index (χ2n) is 4.33. The number of hydrogen-bond acceptors (Lipinski definition) is 2. The number of H-pyrrole nitrogens is 1. The Morgan fingerprint density at radius 3 is 2.62 bits per heavy atom. The monoisotopic (exact) mass is 312 g/mol. The van der Waals surface area contributed by atoms with Crippen molar-refractivity contribution in [2.75, 3.05) is 0 Å². The van der Waals surface area contributed by atoms with Crippen LogP contribution in [0.5, 0.6) is 11.5 Å². The van der Waals surface area contributed by atoms with Gasteiger partial charge in [-0.1, -0.05) is 11.6 Å². The Morgan fingerprint density at radius 2 is 1.90 bits per heavy atom. The summed E-state index contributed by atoms with van der Waals surface area (Å²) >= 11 is 5.84. The fraction of sp³-hybridized carbons (Fsp3) is 0.0714. The van der Waals surface area contributed by atoms with E-state index in [9.17, 15) is 13.2 Å². The quantitative estimate of drug-likeness (QED) is 0.721. The smallest absolute Gasteiger partial charge is 0.416 e. The van der Waals surface area contributed by atoms with Crippen LogP contribution in [0.3, 0.4) is 0 Å². The van der Waals surface area contributed by atoms with Gasteiger partial charge in [0.05, 0.1) is 27.9 Å². The summed E-state index contributed by atoms with van der Waals surface area (Å²) in [6.07, 6.45) is -2.89. The average molecular weight is 313 g/mol. The Balaban J connectivity index is 1.90. The molecule has 21 heavy (non-hydrogen) atoms. The number of aromatic amines is 1. The van der Waals surface area contributed by atoms with Gasteiger partial charge in [0.15, 0.2) is 0 Å². The Labute approximate surface area is 122 Å². The predicted octanol–water partition coefficient (Wildman–Crippen LogP) is 5.03. The van der Waals surface area contributed by atoms with Gasteiger partial charge in [-0.25, -0.2) is 4.98 Å². The van der Waals surface area contributed by atoms with Gasteiger partial charge in [-0.15, -0.1) is 0 Å². The zero-order valence-corrected chi connectivity index (χ0v) is 11.2. The minimum atomic E-state index is -4.43. The van der Waals surface area contributed by atoms with E-state index in [1.807, 2.05) is 0 Å². The number of fused-ring (bicyclic) bond motifs is 1. The first kappa shape index (κ1) is 13.8. The second-order valence-corrected chi connectivity index (χ2v) is 4.73. The molecular weight excluding hydrogens is 305 g/mol. The van der Waals surface area contributed by atoms with E-state index in [1.165, 1.54) is 6.07 Å². The van der Waals surface area contributed by atoms with Crippen LogP contribution in [0, 0.1) is 0 Å². The highest BCUT2D eigenvalue weighted by molar-refractivity contribution is 6.32. The summed E-state index contributed by atoms with van der Waals surface area (Å²) in [6, 6.07) is 8.05. The van der Waals surface area contributed by atoms with Gasteiger partial charge >= 0.3 is 6.18 Å². The molecule has 3 rings (SSSR count). The molecule has 0 unspecified atom stereocenters. The molecule has 3 aromatic rings. The van der Waals surface area contributed by atoms with Crippen molar-refractivity contribution in [1.82, 2.24) is 9.97 Å². The van der Waals surface area contributed by atoms with Crippen molar-refractivity contribution in [1.29, 1.82) is 0 Å². The predicted molar refractivity (Wildman–Crippen MR) is 72.6 cm³/mol. The maximum absolute atomic E-state index is 12.6. The van der Waals surface area contributed by atoms with Gasteiger partial charge in [-0.2, -0.15) is 13.2 Å². The molecule has 1 N–H and O–H groups in total.